The van der Waals surface area contributed by atoms with Crippen molar-refractivity contribution >= 4 is 11.4 Å². The minimum Gasteiger partial charge on any atom is -1.00 e. The van der Waals surface area contributed by atoms with Crippen LogP contribution in [0.3, 0.4) is 0 Å². The molecule has 1 atom stereocenters. The van der Waals surface area contributed by atoms with Gasteiger partial charge in [-0.15, -0.1) is 0 Å². The van der Waals surface area contributed by atoms with Crippen molar-refractivity contribution in [2.45, 2.75) is 27.5 Å². The van der Waals surface area contributed by atoms with E-state index >= 15 is 0 Å². The van der Waals surface area contributed by atoms with Crippen LogP contribution in [0.4, 0.5) is 11.4 Å². The monoisotopic (exact) mass is 521 g/mol. The topological polar surface area (TPSA) is 33.3 Å². The molecule has 0 radical (unpaired) electrons. The molecule has 3 nitrogen and oxygen atoms in total. The third kappa shape index (κ3) is 4.24. The Morgan fingerprint density at radius 1 is 1.00 bits per heavy atom. The van der Waals surface area contributed by atoms with E-state index in [9.17, 15) is 0 Å². The van der Waals surface area contributed by atoms with Crippen LogP contribution < -0.4 is 40.2 Å². The molecule has 0 fully saturated rings. The van der Waals surface area contributed by atoms with Crippen molar-refractivity contribution in [2.24, 2.45) is 0 Å². The van der Waals surface area contributed by atoms with Gasteiger partial charge in [-0.2, -0.15) is 0 Å². The average molecular weight is 524 g/mol. The number of anilines is 2. The Labute approximate surface area is 200 Å². The molecular weight excluding hydrogens is 494 g/mol. The van der Waals surface area contributed by atoms with Crippen LogP contribution in [0.5, 0.6) is 5.75 Å². The Morgan fingerprint density at radius 3 is 2.27 bits per heavy atom. The molecule has 2 aliphatic carbocycles. The van der Waals surface area contributed by atoms with Crippen molar-refractivity contribution in [3.63, 3.8) is 0 Å². The first-order valence-electron chi connectivity index (χ1n) is 10.0. The van der Waals surface area contributed by atoms with E-state index in [1.807, 2.05) is 14.1 Å². The fourth-order valence-electron chi connectivity index (χ4n) is 4.70. The second-order valence-electron chi connectivity index (χ2n) is 7.81. The Morgan fingerprint density at radius 2 is 1.70 bits per heavy atom. The van der Waals surface area contributed by atoms with Crippen LogP contribution in [0, 0.1) is 0 Å². The standard InChI is InChI=1S/C16H17N2O.C5H5.C3H7.2ClH.Zr/c1-17-12-4-5-14-10(7-12)6-11-8-13(18-2)9-15(19-3)16(11)14;1-2-4-5-3-1;1-3-2;;;/h4-9,17-18H,1-3H3;1-3H,4H2;3H,1-2H3;2*1H;/q;;;;;+2/p-2. The van der Waals surface area contributed by atoms with E-state index in [4.69, 9.17) is 4.74 Å². The molecule has 2 aromatic rings. The predicted octanol–water partition coefficient (Wildman–Crippen LogP) is 0.147. The van der Waals surface area contributed by atoms with Crippen molar-refractivity contribution in [1.82, 2.24) is 0 Å². The first kappa shape index (κ1) is 25.0. The maximum atomic E-state index is 5.87. The number of fused-ring (bicyclic) bond motifs is 3. The second-order valence-corrected chi connectivity index (χ2v) is 15.9. The quantitative estimate of drug-likeness (QED) is 0.566. The summed E-state index contributed by atoms with van der Waals surface area (Å²) in [6.07, 6.45) is 8.13. The van der Waals surface area contributed by atoms with Gasteiger partial charge in [-0.25, -0.2) is 0 Å². The SMILES string of the molecule is CNc1ccc2c(c1)[CH]([Zr+2]([C]1=CC=CC1)[CH](C)C)c1cc(NC)cc(OC)c1-2.[Cl-].[Cl-]. The van der Waals surface area contributed by atoms with E-state index in [0.717, 1.165) is 21.5 Å². The molecule has 0 heterocycles. The number of rotatable bonds is 6. The average Bonchev–Trinajstić information content (AvgIpc) is 3.34. The van der Waals surface area contributed by atoms with E-state index in [-0.39, 0.29) is 24.8 Å². The van der Waals surface area contributed by atoms with Gasteiger partial charge in [-0.1, -0.05) is 0 Å². The molecule has 1 unspecified atom stereocenters. The largest absolute Gasteiger partial charge is 1.00 e. The van der Waals surface area contributed by atoms with Crippen molar-refractivity contribution in [1.29, 1.82) is 0 Å². The van der Waals surface area contributed by atoms with Gasteiger partial charge in [0, 0.05) is 0 Å². The minimum atomic E-state index is -2.02. The third-order valence-corrected chi connectivity index (χ3v) is 14.8. The van der Waals surface area contributed by atoms with Gasteiger partial charge in [0.15, 0.2) is 0 Å². The van der Waals surface area contributed by atoms with Crippen molar-refractivity contribution in [3.05, 3.63) is 63.0 Å². The van der Waals surface area contributed by atoms with E-state index < -0.39 is 21.8 Å². The summed E-state index contributed by atoms with van der Waals surface area (Å²) in [6, 6.07) is 11.3. The van der Waals surface area contributed by atoms with Crippen LogP contribution in [-0.4, -0.2) is 21.2 Å². The number of hydrogen-bond acceptors (Lipinski definition) is 3. The minimum absolute atomic E-state index is 0. The number of methoxy groups -OCH3 is 1. The zero-order valence-electron chi connectivity index (χ0n) is 18.1. The van der Waals surface area contributed by atoms with Gasteiger partial charge >= 0.3 is 177 Å². The molecule has 0 amide bonds. The van der Waals surface area contributed by atoms with Gasteiger partial charge in [-0.05, 0) is 0 Å². The molecule has 159 valence electrons. The number of hydrogen-bond donors (Lipinski definition) is 2. The number of halogens is 2. The van der Waals surface area contributed by atoms with E-state index in [2.05, 4.69) is 73.0 Å². The van der Waals surface area contributed by atoms with Crippen LogP contribution >= 0.6 is 0 Å². The van der Waals surface area contributed by atoms with Gasteiger partial charge in [0.25, 0.3) is 0 Å². The summed E-state index contributed by atoms with van der Waals surface area (Å²) in [4.78, 5) is 0. The van der Waals surface area contributed by atoms with Gasteiger partial charge in [0.1, 0.15) is 0 Å². The maximum Gasteiger partial charge on any atom is -1.00 e. The molecule has 0 bridgehead atoms. The van der Waals surface area contributed by atoms with E-state index in [0.29, 0.717) is 3.63 Å². The smallest absolute Gasteiger partial charge is 1.00 e. The summed E-state index contributed by atoms with van der Waals surface area (Å²) >= 11 is -2.02. The third-order valence-electron chi connectivity index (χ3n) is 5.95. The molecule has 4 rings (SSSR count). The van der Waals surface area contributed by atoms with E-state index in [1.54, 1.807) is 10.4 Å². The molecule has 2 N–H and O–H groups in total. The Kier molecular flexibility index (Phi) is 8.68. The van der Waals surface area contributed by atoms with Crippen LogP contribution in [0.2, 0.25) is 3.63 Å². The number of nitrogens with one attached hydrogen (secondary N) is 2. The summed E-state index contributed by atoms with van der Waals surface area (Å²) < 4.78 is 8.85. The molecule has 0 saturated carbocycles. The Bertz CT molecular complexity index is 972. The van der Waals surface area contributed by atoms with Crippen LogP contribution in [0.1, 0.15) is 35.0 Å². The normalized spacial score (nSPS) is 15.5. The summed E-state index contributed by atoms with van der Waals surface area (Å²) in [5.41, 5.74) is 7.92. The van der Waals surface area contributed by atoms with Gasteiger partial charge in [0.05, 0.1) is 0 Å². The van der Waals surface area contributed by atoms with Crippen LogP contribution in [0.25, 0.3) is 11.1 Å². The van der Waals surface area contributed by atoms with Crippen LogP contribution in [0.15, 0.2) is 51.8 Å². The molecular formula is C24H29Cl2N2OZr. The predicted molar refractivity (Wildman–Crippen MR) is 116 cm³/mol. The van der Waals surface area contributed by atoms with Gasteiger partial charge < -0.3 is 24.8 Å². The van der Waals surface area contributed by atoms with Crippen molar-refractivity contribution < 1.29 is 51.3 Å². The fraction of sp³-hybridized carbons (Fsp3) is 0.333. The Hall–Kier alpha value is -1.22. The van der Waals surface area contributed by atoms with Gasteiger partial charge in [-0.3, -0.25) is 0 Å². The van der Waals surface area contributed by atoms with Crippen molar-refractivity contribution in [3.8, 4) is 16.9 Å². The maximum absolute atomic E-state index is 5.87. The summed E-state index contributed by atoms with van der Waals surface area (Å²) in [5.74, 6) is 0.979. The molecule has 30 heavy (non-hydrogen) atoms. The number of ether oxygens (including phenoxy) is 1. The zero-order chi connectivity index (χ0) is 19.8. The number of allylic oxidation sites excluding steroid dienone is 4. The fourth-order valence-corrected chi connectivity index (χ4v) is 13.4. The van der Waals surface area contributed by atoms with E-state index in [1.165, 1.54) is 27.9 Å². The van der Waals surface area contributed by atoms with Crippen molar-refractivity contribution in [2.75, 3.05) is 31.8 Å². The number of benzene rings is 2. The van der Waals surface area contributed by atoms with Crippen LogP contribution in [-0.2, 0) is 21.8 Å². The molecule has 0 spiro atoms. The molecule has 2 aromatic carbocycles. The molecule has 0 aromatic heterocycles. The first-order chi connectivity index (χ1) is 13.6. The summed E-state index contributed by atoms with van der Waals surface area (Å²) in [6.45, 7) is 4.87. The molecule has 0 aliphatic heterocycles. The summed E-state index contributed by atoms with van der Waals surface area (Å²) in [5, 5.41) is 6.69. The summed E-state index contributed by atoms with van der Waals surface area (Å²) in [7, 11) is 5.78. The molecule has 0 saturated heterocycles. The molecule has 6 heteroatoms. The first-order valence-corrected chi connectivity index (χ1v) is 14.1. The molecule has 2 aliphatic rings. The zero-order valence-corrected chi connectivity index (χ0v) is 22.1. The Balaban J connectivity index is 0.00000160. The second kappa shape index (κ2) is 10.4. The van der Waals surface area contributed by atoms with Gasteiger partial charge in [0.2, 0.25) is 0 Å².